The summed E-state index contributed by atoms with van der Waals surface area (Å²) >= 11 is 0. The monoisotopic (exact) mass is 537 g/mol. The van der Waals surface area contributed by atoms with Crippen molar-refractivity contribution in [1.29, 1.82) is 0 Å². The van der Waals surface area contributed by atoms with Gasteiger partial charge in [0.1, 0.15) is 23.4 Å². The first-order chi connectivity index (χ1) is 18.3. The molecule has 2 aromatic rings. The zero-order chi connectivity index (χ0) is 28.8. The smallest absolute Gasteiger partial charge is 0.410 e. The molecule has 212 valence electrons. The van der Waals surface area contributed by atoms with Gasteiger partial charge in [0.15, 0.2) is 0 Å². The largest absolute Gasteiger partial charge is 0.497 e. The molecule has 0 saturated carbocycles. The molecule has 0 aliphatic carbocycles. The Labute approximate surface area is 232 Å². The maximum atomic E-state index is 14.5. The Morgan fingerprint density at radius 2 is 1.62 bits per heavy atom. The third-order valence-electron chi connectivity index (χ3n) is 6.38. The Hall–Kier alpha value is -3.55. The van der Waals surface area contributed by atoms with Gasteiger partial charge in [-0.3, -0.25) is 14.5 Å². The van der Waals surface area contributed by atoms with E-state index in [1.165, 1.54) is 4.90 Å². The summed E-state index contributed by atoms with van der Waals surface area (Å²) < 4.78 is 11.0. The van der Waals surface area contributed by atoms with E-state index in [-0.39, 0.29) is 18.4 Å². The Morgan fingerprint density at radius 3 is 2.18 bits per heavy atom. The highest BCUT2D eigenvalue weighted by Gasteiger charge is 2.41. The highest BCUT2D eigenvalue weighted by molar-refractivity contribution is 5.92. The lowest BCUT2D eigenvalue weighted by atomic mass is 9.97. The first-order valence-electron chi connectivity index (χ1n) is 13.6. The molecule has 3 amide bonds. The summed E-state index contributed by atoms with van der Waals surface area (Å²) in [5.41, 5.74) is 0.338. The number of likely N-dealkylation sites (tertiary alicyclic amines) is 1. The Kier molecular flexibility index (Phi) is 9.64. The molecule has 1 aliphatic heterocycles. The normalized spacial score (nSPS) is 16.7. The van der Waals surface area contributed by atoms with E-state index in [9.17, 15) is 14.4 Å². The van der Waals surface area contributed by atoms with Crippen molar-refractivity contribution in [2.75, 3.05) is 13.7 Å². The fraction of sp³-hybridized carbons (Fsp3) is 0.516. The predicted molar refractivity (Wildman–Crippen MR) is 151 cm³/mol. The number of rotatable bonds is 7. The fourth-order valence-electron chi connectivity index (χ4n) is 4.69. The summed E-state index contributed by atoms with van der Waals surface area (Å²) in [7, 11) is 1.60. The summed E-state index contributed by atoms with van der Waals surface area (Å²) in [6.45, 7) is 11.8. The van der Waals surface area contributed by atoms with Crippen molar-refractivity contribution in [3.63, 3.8) is 0 Å². The van der Waals surface area contributed by atoms with Crippen LogP contribution in [0.4, 0.5) is 4.79 Å². The summed E-state index contributed by atoms with van der Waals surface area (Å²) in [5.74, 6) is 0.134. The topological polar surface area (TPSA) is 88.2 Å². The number of nitrogens with one attached hydrogen (secondary N) is 1. The number of carbonyl (C=O) groups excluding carboxylic acids is 3. The quantitative estimate of drug-likeness (QED) is 0.506. The Bertz CT molecular complexity index is 1120. The third kappa shape index (κ3) is 8.47. The lowest BCUT2D eigenvalue weighted by Gasteiger charge is -2.41. The van der Waals surface area contributed by atoms with E-state index in [0.717, 1.165) is 18.4 Å². The molecule has 0 bridgehead atoms. The van der Waals surface area contributed by atoms with Crippen LogP contribution in [-0.2, 0) is 20.9 Å². The number of amides is 3. The number of methoxy groups -OCH3 is 1. The fourth-order valence-corrected chi connectivity index (χ4v) is 4.69. The summed E-state index contributed by atoms with van der Waals surface area (Å²) in [6.07, 6.45) is 1.57. The molecule has 1 N–H and O–H groups in total. The van der Waals surface area contributed by atoms with Gasteiger partial charge >= 0.3 is 6.09 Å². The maximum absolute atomic E-state index is 14.5. The van der Waals surface area contributed by atoms with Crippen LogP contribution in [0.5, 0.6) is 5.75 Å². The second kappa shape index (κ2) is 12.5. The standard InChI is InChI=1S/C31H43N3O5/c1-30(2,3)32-27(35)26(23-13-9-8-10-14-23)34(21-22-16-18-24(38-7)19-17-22)28(36)25-15-11-12-20-33(25)29(37)39-31(4,5)6/h8-10,13-14,16-19,25-26H,11-12,15,20-21H2,1-7H3,(H,32,35). The molecule has 2 aromatic carbocycles. The Morgan fingerprint density at radius 1 is 0.974 bits per heavy atom. The van der Waals surface area contributed by atoms with E-state index in [2.05, 4.69) is 5.32 Å². The Balaban J connectivity index is 2.07. The van der Waals surface area contributed by atoms with E-state index < -0.39 is 29.3 Å². The molecule has 39 heavy (non-hydrogen) atoms. The number of carbonyl (C=O) groups is 3. The van der Waals surface area contributed by atoms with Crippen LogP contribution in [0.25, 0.3) is 0 Å². The van der Waals surface area contributed by atoms with Crippen molar-refractivity contribution >= 4 is 17.9 Å². The lowest BCUT2D eigenvalue weighted by Crippen LogP contribution is -2.56. The highest BCUT2D eigenvalue weighted by atomic mass is 16.6. The van der Waals surface area contributed by atoms with E-state index in [1.807, 2.05) is 96.1 Å². The van der Waals surface area contributed by atoms with Gasteiger partial charge in [-0.1, -0.05) is 42.5 Å². The van der Waals surface area contributed by atoms with Crippen LogP contribution in [0.1, 0.15) is 78.0 Å². The van der Waals surface area contributed by atoms with Gasteiger partial charge in [-0.2, -0.15) is 0 Å². The minimum Gasteiger partial charge on any atom is -0.497 e. The molecule has 3 rings (SSSR count). The molecule has 0 spiro atoms. The van der Waals surface area contributed by atoms with Crippen LogP contribution < -0.4 is 10.1 Å². The number of hydrogen-bond acceptors (Lipinski definition) is 5. The molecule has 0 aromatic heterocycles. The molecule has 2 unspecified atom stereocenters. The summed E-state index contributed by atoms with van der Waals surface area (Å²) in [4.78, 5) is 44.6. The van der Waals surface area contributed by atoms with Crippen molar-refractivity contribution in [1.82, 2.24) is 15.1 Å². The average molecular weight is 538 g/mol. The molecule has 1 fully saturated rings. The summed E-state index contributed by atoms with van der Waals surface area (Å²) in [6, 6.07) is 15.1. The van der Waals surface area contributed by atoms with Crippen LogP contribution in [-0.4, -0.2) is 58.5 Å². The minimum atomic E-state index is -0.901. The number of benzene rings is 2. The third-order valence-corrected chi connectivity index (χ3v) is 6.38. The van der Waals surface area contributed by atoms with Gasteiger partial charge in [0, 0.05) is 18.6 Å². The molecule has 0 radical (unpaired) electrons. The van der Waals surface area contributed by atoms with E-state index in [0.29, 0.717) is 24.3 Å². The van der Waals surface area contributed by atoms with Gasteiger partial charge in [-0.15, -0.1) is 0 Å². The zero-order valence-electron chi connectivity index (χ0n) is 24.3. The first kappa shape index (κ1) is 30.0. The number of piperidine rings is 1. The van der Waals surface area contributed by atoms with E-state index >= 15 is 0 Å². The molecular formula is C31H43N3O5. The van der Waals surface area contributed by atoms with Crippen LogP contribution in [0, 0.1) is 0 Å². The SMILES string of the molecule is COc1ccc(CN(C(=O)C2CCCCN2C(=O)OC(C)(C)C)C(C(=O)NC(C)(C)C)c2ccccc2)cc1. The lowest BCUT2D eigenvalue weighted by molar-refractivity contribution is -0.147. The second-order valence-corrected chi connectivity index (χ2v) is 12.1. The van der Waals surface area contributed by atoms with Gasteiger partial charge in [-0.25, -0.2) is 4.79 Å². The number of nitrogens with zero attached hydrogens (tertiary/aromatic N) is 2. The van der Waals surface area contributed by atoms with Crippen LogP contribution >= 0.6 is 0 Å². The van der Waals surface area contributed by atoms with Gasteiger partial charge in [0.05, 0.1) is 7.11 Å². The highest BCUT2D eigenvalue weighted by Crippen LogP contribution is 2.30. The van der Waals surface area contributed by atoms with Crippen molar-refractivity contribution in [2.24, 2.45) is 0 Å². The summed E-state index contributed by atoms with van der Waals surface area (Å²) in [5, 5.41) is 3.07. The molecular weight excluding hydrogens is 494 g/mol. The van der Waals surface area contributed by atoms with Gasteiger partial charge in [-0.05, 0) is 84.1 Å². The first-order valence-corrected chi connectivity index (χ1v) is 13.6. The number of hydrogen-bond donors (Lipinski definition) is 1. The van der Waals surface area contributed by atoms with Crippen molar-refractivity contribution in [3.8, 4) is 5.75 Å². The second-order valence-electron chi connectivity index (χ2n) is 12.1. The predicted octanol–water partition coefficient (Wildman–Crippen LogP) is 5.47. The molecule has 8 nitrogen and oxygen atoms in total. The van der Waals surface area contributed by atoms with Gasteiger partial charge in [0.2, 0.25) is 11.8 Å². The zero-order valence-corrected chi connectivity index (χ0v) is 24.3. The van der Waals surface area contributed by atoms with Crippen molar-refractivity contribution in [2.45, 2.75) is 90.6 Å². The molecule has 8 heteroatoms. The molecule has 1 aliphatic rings. The van der Waals surface area contributed by atoms with Crippen molar-refractivity contribution < 1.29 is 23.9 Å². The van der Waals surface area contributed by atoms with Gasteiger partial charge in [0.25, 0.3) is 0 Å². The van der Waals surface area contributed by atoms with Crippen LogP contribution in [0.2, 0.25) is 0 Å². The molecule has 2 atom stereocenters. The minimum absolute atomic E-state index is 0.179. The van der Waals surface area contributed by atoms with Gasteiger partial charge < -0.3 is 19.7 Å². The molecule has 1 heterocycles. The van der Waals surface area contributed by atoms with Crippen molar-refractivity contribution in [3.05, 3.63) is 65.7 Å². The van der Waals surface area contributed by atoms with Crippen LogP contribution in [0.15, 0.2) is 54.6 Å². The van der Waals surface area contributed by atoms with Crippen LogP contribution in [0.3, 0.4) is 0 Å². The van der Waals surface area contributed by atoms with E-state index in [4.69, 9.17) is 9.47 Å². The number of ether oxygens (including phenoxy) is 2. The van der Waals surface area contributed by atoms with E-state index in [1.54, 1.807) is 12.0 Å². The average Bonchev–Trinajstić information content (AvgIpc) is 2.87. The maximum Gasteiger partial charge on any atom is 0.410 e. The molecule has 1 saturated heterocycles.